The molecule has 1 saturated heterocycles. The van der Waals surface area contributed by atoms with Gasteiger partial charge in [-0.2, -0.15) is 0 Å². The quantitative estimate of drug-likeness (QED) is 0.888. The summed E-state index contributed by atoms with van der Waals surface area (Å²) < 4.78 is 47.0. The van der Waals surface area contributed by atoms with Crippen molar-refractivity contribution >= 4 is 6.03 Å². The van der Waals surface area contributed by atoms with Gasteiger partial charge in [0.2, 0.25) is 0 Å². The van der Waals surface area contributed by atoms with Crippen LogP contribution < -0.4 is 14.8 Å². The molecule has 2 rings (SSSR count). The summed E-state index contributed by atoms with van der Waals surface area (Å²) in [6, 6.07) is 5.55. The summed E-state index contributed by atoms with van der Waals surface area (Å²) in [5.74, 6) is -0.305. The summed E-state index contributed by atoms with van der Waals surface area (Å²) in [7, 11) is 0. The molecule has 1 aliphatic rings. The van der Waals surface area contributed by atoms with Gasteiger partial charge < -0.3 is 19.7 Å². The number of rotatable bonds is 3. The molecule has 1 heterocycles. The van der Waals surface area contributed by atoms with Crippen molar-refractivity contribution in [2.24, 2.45) is 0 Å². The Hall–Kier alpha value is -2.12. The van der Waals surface area contributed by atoms with Crippen LogP contribution in [0.1, 0.15) is 33.6 Å². The Morgan fingerprint density at radius 1 is 1.12 bits per heavy atom. The summed E-state index contributed by atoms with van der Waals surface area (Å²) in [5, 5.41) is 2.89. The third kappa shape index (κ3) is 6.36. The number of urea groups is 1. The molecule has 0 aromatic heterocycles. The van der Waals surface area contributed by atoms with E-state index in [0.717, 1.165) is 0 Å². The third-order valence-electron chi connectivity index (χ3n) is 3.58. The number of hydrogen-bond acceptors (Lipinski definition) is 3. The fourth-order valence-corrected chi connectivity index (χ4v) is 2.51. The number of para-hydroxylation sites is 2. The zero-order valence-corrected chi connectivity index (χ0v) is 14.5. The SMILES string of the molecule is CC(C)(C)NC(=O)N1CCC(Oc2ccccc2OC(F)(F)F)CC1. The number of alkyl halides is 3. The van der Waals surface area contributed by atoms with Gasteiger partial charge in [0.1, 0.15) is 6.10 Å². The minimum absolute atomic E-state index is 0.0532. The molecule has 0 radical (unpaired) electrons. The van der Waals surface area contributed by atoms with E-state index in [0.29, 0.717) is 25.9 Å². The Balaban J connectivity index is 1.91. The lowest BCUT2D eigenvalue weighted by molar-refractivity contribution is -0.275. The zero-order valence-electron chi connectivity index (χ0n) is 14.5. The maximum atomic E-state index is 12.4. The highest BCUT2D eigenvalue weighted by molar-refractivity contribution is 5.75. The third-order valence-corrected chi connectivity index (χ3v) is 3.58. The van der Waals surface area contributed by atoms with Crippen LogP contribution in [0.15, 0.2) is 24.3 Å². The van der Waals surface area contributed by atoms with Gasteiger partial charge >= 0.3 is 12.4 Å². The first-order valence-electron chi connectivity index (χ1n) is 8.12. The van der Waals surface area contributed by atoms with Crippen LogP contribution in [0.5, 0.6) is 11.5 Å². The van der Waals surface area contributed by atoms with Crippen LogP contribution in [0.4, 0.5) is 18.0 Å². The Kier molecular flexibility index (Phi) is 5.69. The van der Waals surface area contributed by atoms with Gasteiger partial charge in [0.25, 0.3) is 0 Å². The first-order chi connectivity index (χ1) is 11.5. The Labute approximate surface area is 145 Å². The van der Waals surface area contributed by atoms with Crippen molar-refractivity contribution in [3.8, 4) is 11.5 Å². The number of carbonyl (C=O) groups is 1. The van der Waals surface area contributed by atoms with Crippen molar-refractivity contribution in [3.63, 3.8) is 0 Å². The molecule has 25 heavy (non-hydrogen) atoms. The summed E-state index contributed by atoms with van der Waals surface area (Å²) >= 11 is 0. The molecule has 0 atom stereocenters. The zero-order chi connectivity index (χ0) is 18.7. The van der Waals surface area contributed by atoms with E-state index >= 15 is 0 Å². The molecule has 0 aliphatic carbocycles. The first-order valence-corrected chi connectivity index (χ1v) is 8.12. The monoisotopic (exact) mass is 360 g/mol. The topological polar surface area (TPSA) is 50.8 Å². The van der Waals surface area contributed by atoms with E-state index in [4.69, 9.17) is 4.74 Å². The highest BCUT2D eigenvalue weighted by Crippen LogP contribution is 2.33. The number of likely N-dealkylation sites (tertiary alicyclic amines) is 1. The average Bonchev–Trinajstić information content (AvgIpc) is 2.47. The van der Waals surface area contributed by atoms with Gasteiger partial charge in [-0.1, -0.05) is 12.1 Å². The highest BCUT2D eigenvalue weighted by Gasteiger charge is 2.33. The van der Waals surface area contributed by atoms with Crippen LogP contribution in [0.3, 0.4) is 0 Å². The number of hydrogen-bond donors (Lipinski definition) is 1. The number of ether oxygens (including phenoxy) is 2. The van der Waals surface area contributed by atoms with Crippen LogP contribution >= 0.6 is 0 Å². The lowest BCUT2D eigenvalue weighted by Crippen LogP contribution is -2.51. The average molecular weight is 360 g/mol. The van der Waals surface area contributed by atoms with Crippen molar-refractivity contribution < 1.29 is 27.4 Å². The fourth-order valence-electron chi connectivity index (χ4n) is 2.51. The molecule has 1 aliphatic heterocycles. The van der Waals surface area contributed by atoms with E-state index < -0.39 is 6.36 Å². The number of amides is 2. The van der Waals surface area contributed by atoms with Gasteiger partial charge in [-0.05, 0) is 32.9 Å². The number of nitrogens with zero attached hydrogens (tertiary/aromatic N) is 1. The van der Waals surface area contributed by atoms with Crippen LogP contribution in [0.2, 0.25) is 0 Å². The van der Waals surface area contributed by atoms with Crippen molar-refractivity contribution in [1.29, 1.82) is 0 Å². The molecule has 140 valence electrons. The van der Waals surface area contributed by atoms with E-state index in [-0.39, 0.29) is 29.2 Å². The van der Waals surface area contributed by atoms with Crippen molar-refractivity contribution in [2.75, 3.05) is 13.1 Å². The molecule has 1 aromatic carbocycles. The molecule has 8 heteroatoms. The van der Waals surface area contributed by atoms with Crippen LogP contribution in [-0.4, -0.2) is 42.0 Å². The standard InChI is InChI=1S/C17H23F3N2O3/c1-16(2,3)21-15(23)22-10-8-12(9-11-22)24-13-6-4-5-7-14(13)25-17(18,19)20/h4-7,12H,8-11H2,1-3H3,(H,21,23). The minimum Gasteiger partial charge on any atom is -0.486 e. The summed E-state index contributed by atoms with van der Waals surface area (Å²) in [5.41, 5.74) is -0.321. The molecule has 0 spiro atoms. The van der Waals surface area contributed by atoms with Gasteiger partial charge in [0.05, 0.1) is 0 Å². The summed E-state index contributed by atoms with van der Waals surface area (Å²) in [6.07, 6.45) is -3.96. The van der Waals surface area contributed by atoms with E-state index in [1.807, 2.05) is 20.8 Å². The normalized spacial score (nSPS) is 16.5. The van der Waals surface area contributed by atoms with Crippen LogP contribution in [-0.2, 0) is 0 Å². The second-order valence-corrected chi connectivity index (χ2v) is 6.98. The molecule has 5 nitrogen and oxygen atoms in total. The molecular weight excluding hydrogens is 337 g/mol. The molecule has 0 bridgehead atoms. The Morgan fingerprint density at radius 2 is 1.68 bits per heavy atom. The van der Waals surface area contributed by atoms with Crippen LogP contribution in [0.25, 0.3) is 0 Å². The van der Waals surface area contributed by atoms with Gasteiger partial charge in [0.15, 0.2) is 11.5 Å². The smallest absolute Gasteiger partial charge is 0.486 e. The Bertz CT molecular complexity index is 592. The lowest BCUT2D eigenvalue weighted by atomic mass is 10.1. The molecule has 0 unspecified atom stereocenters. The fraction of sp³-hybridized carbons (Fsp3) is 0.588. The maximum absolute atomic E-state index is 12.4. The van der Waals surface area contributed by atoms with Crippen molar-refractivity contribution in [1.82, 2.24) is 10.2 Å². The van der Waals surface area contributed by atoms with Gasteiger partial charge in [-0.3, -0.25) is 0 Å². The molecule has 1 aromatic rings. The Morgan fingerprint density at radius 3 is 2.20 bits per heavy atom. The van der Waals surface area contributed by atoms with Crippen molar-refractivity contribution in [3.05, 3.63) is 24.3 Å². The minimum atomic E-state index is -4.77. The van der Waals surface area contributed by atoms with E-state index in [9.17, 15) is 18.0 Å². The predicted molar refractivity (Wildman–Crippen MR) is 86.6 cm³/mol. The number of piperidine rings is 1. The number of halogens is 3. The van der Waals surface area contributed by atoms with E-state index in [1.54, 1.807) is 11.0 Å². The molecule has 1 N–H and O–H groups in total. The maximum Gasteiger partial charge on any atom is 0.573 e. The second kappa shape index (κ2) is 7.41. The number of benzene rings is 1. The van der Waals surface area contributed by atoms with E-state index in [2.05, 4.69) is 10.1 Å². The molecular formula is C17H23F3N2O3. The lowest BCUT2D eigenvalue weighted by Gasteiger charge is -2.34. The predicted octanol–water partition coefficient (Wildman–Crippen LogP) is 3.94. The first kappa shape index (κ1) is 19.2. The van der Waals surface area contributed by atoms with E-state index in [1.165, 1.54) is 18.2 Å². The van der Waals surface area contributed by atoms with Crippen LogP contribution in [0, 0.1) is 0 Å². The largest absolute Gasteiger partial charge is 0.573 e. The molecule has 0 saturated carbocycles. The van der Waals surface area contributed by atoms with Gasteiger partial charge in [-0.15, -0.1) is 13.2 Å². The van der Waals surface area contributed by atoms with Crippen molar-refractivity contribution in [2.45, 2.75) is 51.6 Å². The van der Waals surface area contributed by atoms with Gasteiger partial charge in [0, 0.05) is 31.5 Å². The summed E-state index contributed by atoms with van der Waals surface area (Å²) in [6.45, 7) is 6.67. The number of nitrogens with one attached hydrogen (secondary N) is 1. The molecule has 2 amide bonds. The second-order valence-electron chi connectivity index (χ2n) is 6.98. The summed E-state index contributed by atoms with van der Waals surface area (Å²) in [4.78, 5) is 13.8. The molecule has 1 fully saturated rings. The number of carbonyl (C=O) groups excluding carboxylic acids is 1. The van der Waals surface area contributed by atoms with Gasteiger partial charge in [-0.25, -0.2) is 4.79 Å². The highest BCUT2D eigenvalue weighted by atomic mass is 19.4.